The van der Waals surface area contributed by atoms with E-state index in [4.69, 9.17) is 0 Å². The Morgan fingerprint density at radius 2 is 1.65 bits per heavy atom. The van der Waals surface area contributed by atoms with Gasteiger partial charge in [-0.15, -0.1) is 0 Å². The molecule has 0 saturated heterocycles. The molecule has 0 bridgehead atoms. The Bertz CT molecular complexity index is 1750. The number of rotatable bonds is 6. The van der Waals surface area contributed by atoms with Crippen LogP contribution in [-0.4, -0.2) is 18.7 Å². The monoisotopic (exact) mass is 493 g/mol. The van der Waals surface area contributed by atoms with Crippen molar-refractivity contribution in [3.05, 3.63) is 128 Å². The largest absolute Gasteiger partial charge is 0.337 e. The van der Waals surface area contributed by atoms with E-state index < -0.39 is 17.1 Å². The molecule has 2 heterocycles. The number of benzene rings is 3. The molecule has 3 aromatic carbocycles. The van der Waals surface area contributed by atoms with Crippen LogP contribution >= 0.6 is 0 Å². The van der Waals surface area contributed by atoms with E-state index in [2.05, 4.69) is 24.9 Å². The molecule has 5 aromatic rings. The Kier molecular flexibility index (Phi) is 6.28. The summed E-state index contributed by atoms with van der Waals surface area (Å²) in [6.45, 7) is 4.38. The molecule has 0 aliphatic carbocycles. The Morgan fingerprint density at radius 1 is 0.946 bits per heavy atom. The average Bonchev–Trinajstić information content (AvgIpc) is 3.31. The molecule has 5 rings (SSSR count). The summed E-state index contributed by atoms with van der Waals surface area (Å²) in [4.78, 5) is 31.9. The third kappa shape index (κ3) is 4.47. The summed E-state index contributed by atoms with van der Waals surface area (Å²) in [5, 5.41) is 9.52. The van der Waals surface area contributed by atoms with E-state index >= 15 is 0 Å². The zero-order chi connectivity index (χ0) is 26.1. The Labute approximate surface area is 212 Å². The molecular weight excluding hydrogens is 469 g/mol. The first-order chi connectivity index (χ1) is 17.9. The highest BCUT2D eigenvalue weighted by atomic mass is 19.1. The first-order valence-electron chi connectivity index (χ1n) is 11.9. The normalized spacial score (nSPS) is 11.2. The Balaban J connectivity index is 1.74. The second-order valence-electron chi connectivity index (χ2n) is 9.20. The van der Waals surface area contributed by atoms with Gasteiger partial charge in [-0.05, 0) is 52.9 Å². The summed E-state index contributed by atoms with van der Waals surface area (Å²) in [5.41, 5.74) is 2.96. The van der Waals surface area contributed by atoms with Crippen LogP contribution in [0, 0.1) is 17.1 Å². The summed E-state index contributed by atoms with van der Waals surface area (Å²) < 4.78 is 17.7. The lowest BCUT2D eigenvalue weighted by molar-refractivity contribution is 0.624. The van der Waals surface area contributed by atoms with Crippen LogP contribution < -0.4 is 11.2 Å². The second-order valence-corrected chi connectivity index (χ2v) is 9.20. The van der Waals surface area contributed by atoms with Crippen molar-refractivity contribution < 1.29 is 4.39 Å². The lowest BCUT2D eigenvalue weighted by Crippen LogP contribution is -2.40. The molecule has 8 heteroatoms. The molecule has 0 spiro atoms. The maximum Gasteiger partial charge on any atom is 0.337 e. The minimum atomic E-state index is -0.540. The summed E-state index contributed by atoms with van der Waals surface area (Å²) in [6, 6.07) is 22.6. The molecule has 0 aliphatic rings. The lowest BCUT2D eigenvalue weighted by Gasteiger charge is -2.14. The van der Waals surface area contributed by atoms with Crippen molar-refractivity contribution in [2.75, 3.05) is 0 Å². The van der Waals surface area contributed by atoms with E-state index in [1.165, 1.54) is 23.0 Å². The number of nitrogens with zero attached hydrogens (tertiary/aromatic N) is 5. The van der Waals surface area contributed by atoms with Crippen LogP contribution in [0.25, 0.3) is 16.9 Å². The minimum Gasteiger partial charge on any atom is -0.320 e. The molecule has 184 valence electrons. The van der Waals surface area contributed by atoms with E-state index in [1.54, 1.807) is 28.8 Å². The van der Waals surface area contributed by atoms with Gasteiger partial charge in [0.05, 0.1) is 36.7 Å². The van der Waals surface area contributed by atoms with Gasteiger partial charge >= 0.3 is 5.69 Å². The topological polar surface area (TPSA) is 85.6 Å². The van der Waals surface area contributed by atoms with Crippen LogP contribution in [0.5, 0.6) is 0 Å². The lowest BCUT2D eigenvalue weighted by atomic mass is 10.0. The van der Waals surface area contributed by atoms with Crippen molar-refractivity contribution >= 4 is 11.2 Å². The number of nitriles is 1. The van der Waals surface area contributed by atoms with Crippen LogP contribution in [0.3, 0.4) is 0 Å². The minimum absolute atomic E-state index is 0.0298. The number of hydrogen-bond donors (Lipinski definition) is 0. The molecule has 0 aliphatic heterocycles. The van der Waals surface area contributed by atoms with Crippen molar-refractivity contribution in [1.29, 1.82) is 5.26 Å². The Morgan fingerprint density at radius 3 is 2.32 bits per heavy atom. The smallest absolute Gasteiger partial charge is 0.320 e. The van der Waals surface area contributed by atoms with Gasteiger partial charge in [-0.1, -0.05) is 56.3 Å². The summed E-state index contributed by atoms with van der Waals surface area (Å²) in [7, 11) is 0. The number of fused-ring (bicyclic) bond motifs is 1. The third-order valence-corrected chi connectivity index (χ3v) is 6.45. The molecule has 37 heavy (non-hydrogen) atoms. The van der Waals surface area contributed by atoms with Crippen molar-refractivity contribution in [2.45, 2.75) is 32.9 Å². The Hall–Kier alpha value is -4.77. The van der Waals surface area contributed by atoms with Crippen molar-refractivity contribution in [3.8, 4) is 11.8 Å². The molecule has 0 unspecified atom stereocenters. The van der Waals surface area contributed by atoms with E-state index in [1.807, 2.05) is 36.4 Å². The fourth-order valence-corrected chi connectivity index (χ4v) is 4.40. The highest BCUT2D eigenvalue weighted by Gasteiger charge is 2.20. The highest BCUT2D eigenvalue weighted by Crippen LogP contribution is 2.19. The number of imidazole rings is 1. The quantitative estimate of drug-likeness (QED) is 0.347. The van der Waals surface area contributed by atoms with E-state index in [9.17, 15) is 19.2 Å². The average molecular weight is 494 g/mol. The van der Waals surface area contributed by atoms with Crippen LogP contribution in [0.4, 0.5) is 4.39 Å². The van der Waals surface area contributed by atoms with Gasteiger partial charge in [0.15, 0.2) is 11.2 Å². The third-order valence-electron chi connectivity index (χ3n) is 6.45. The molecule has 0 radical (unpaired) electrons. The standard InChI is InChI=1S/C29H24FN5O2/c1-19(2)21-9-13-25(14-10-21)35-27-26(33(18-32-27)17-23-6-4-3-5-22(23)15-31)28(36)34(29(35)37)16-20-7-11-24(30)12-8-20/h3-14,18-19H,16-17H2,1-2H3. The molecule has 0 N–H and O–H groups in total. The van der Waals surface area contributed by atoms with Crippen molar-refractivity contribution in [3.63, 3.8) is 0 Å². The van der Waals surface area contributed by atoms with Crippen LogP contribution in [0.15, 0.2) is 88.7 Å². The number of hydrogen-bond acceptors (Lipinski definition) is 4. The molecule has 2 aromatic heterocycles. The highest BCUT2D eigenvalue weighted by molar-refractivity contribution is 5.72. The SMILES string of the molecule is CC(C)c1ccc(-n2c(=O)n(Cc3ccc(F)cc3)c(=O)c3c2ncn3Cc2ccccc2C#N)cc1. The first kappa shape index (κ1) is 23.9. The maximum absolute atomic E-state index is 13.7. The van der Waals surface area contributed by atoms with Gasteiger partial charge in [0.2, 0.25) is 0 Å². The molecule has 0 amide bonds. The van der Waals surface area contributed by atoms with E-state index in [-0.39, 0.29) is 24.3 Å². The molecular formula is C29H24FN5O2. The van der Waals surface area contributed by atoms with Gasteiger partial charge in [-0.3, -0.25) is 9.36 Å². The van der Waals surface area contributed by atoms with Gasteiger partial charge in [0.1, 0.15) is 5.82 Å². The van der Waals surface area contributed by atoms with Gasteiger partial charge in [0.25, 0.3) is 5.56 Å². The summed E-state index contributed by atoms with van der Waals surface area (Å²) in [6.07, 6.45) is 1.51. The van der Waals surface area contributed by atoms with Crippen LogP contribution in [0.2, 0.25) is 0 Å². The zero-order valence-corrected chi connectivity index (χ0v) is 20.4. The number of aromatic nitrogens is 4. The van der Waals surface area contributed by atoms with Gasteiger partial charge in [-0.25, -0.2) is 18.7 Å². The van der Waals surface area contributed by atoms with Gasteiger partial charge in [-0.2, -0.15) is 5.26 Å². The predicted molar refractivity (Wildman–Crippen MR) is 139 cm³/mol. The number of halogens is 1. The maximum atomic E-state index is 13.7. The van der Waals surface area contributed by atoms with Crippen molar-refractivity contribution in [2.24, 2.45) is 0 Å². The predicted octanol–water partition coefficient (Wildman–Crippen LogP) is 4.58. The molecule has 0 saturated carbocycles. The summed E-state index contributed by atoms with van der Waals surface area (Å²) in [5.74, 6) is -0.0823. The fourth-order valence-electron chi connectivity index (χ4n) is 4.40. The van der Waals surface area contributed by atoms with Gasteiger partial charge in [0, 0.05) is 0 Å². The van der Waals surface area contributed by atoms with E-state index in [0.717, 1.165) is 15.7 Å². The second kappa shape index (κ2) is 9.70. The van der Waals surface area contributed by atoms with Crippen molar-refractivity contribution in [1.82, 2.24) is 18.7 Å². The zero-order valence-electron chi connectivity index (χ0n) is 20.4. The van der Waals surface area contributed by atoms with Crippen LogP contribution in [0.1, 0.15) is 42.0 Å². The summed E-state index contributed by atoms with van der Waals surface area (Å²) >= 11 is 0. The van der Waals surface area contributed by atoms with Gasteiger partial charge < -0.3 is 4.57 Å². The molecule has 0 fully saturated rings. The first-order valence-corrected chi connectivity index (χ1v) is 11.9. The van der Waals surface area contributed by atoms with Crippen LogP contribution in [-0.2, 0) is 13.1 Å². The fraction of sp³-hybridized carbons (Fsp3) is 0.172. The molecule has 7 nitrogen and oxygen atoms in total. The van der Waals surface area contributed by atoms with E-state index in [0.29, 0.717) is 22.7 Å². The molecule has 0 atom stereocenters.